The Hall–Kier alpha value is -0.0800. The first-order valence-corrected chi connectivity index (χ1v) is 8.34. The SMILES string of the molecule is C1CCC(C2C[N]CCN2C2CCCCC2)CC1. The van der Waals surface area contributed by atoms with Crippen molar-refractivity contribution in [2.24, 2.45) is 5.92 Å². The van der Waals surface area contributed by atoms with Crippen LogP contribution in [0.5, 0.6) is 0 Å². The van der Waals surface area contributed by atoms with Gasteiger partial charge in [0.05, 0.1) is 0 Å². The van der Waals surface area contributed by atoms with Gasteiger partial charge >= 0.3 is 0 Å². The molecule has 3 aliphatic rings. The van der Waals surface area contributed by atoms with Crippen molar-refractivity contribution in [3.8, 4) is 0 Å². The third-order valence-electron chi connectivity index (χ3n) is 5.50. The van der Waals surface area contributed by atoms with Crippen molar-refractivity contribution in [1.29, 1.82) is 0 Å². The number of rotatable bonds is 2. The Kier molecular flexibility index (Phi) is 4.58. The predicted octanol–water partition coefficient (Wildman–Crippen LogP) is 3.19. The van der Waals surface area contributed by atoms with E-state index in [0.717, 1.165) is 31.1 Å². The normalized spacial score (nSPS) is 33.7. The summed E-state index contributed by atoms with van der Waals surface area (Å²) in [5.74, 6) is 0.963. The smallest absolute Gasteiger partial charge is 0.0293 e. The van der Waals surface area contributed by atoms with Gasteiger partial charge in [-0.1, -0.05) is 38.5 Å². The lowest BCUT2D eigenvalue weighted by Crippen LogP contribution is -2.56. The van der Waals surface area contributed by atoms with Crippen molar-refractivity contribution >= 4 is 0 Å². The molecule has 0 bridgehead atoms. The first-order valence-electron chi connectivity index (χ1n) is 8.34. The predicted molar refractivity (Wildman–Crippen MR) is 75.8 cm³/mol. The number of hydrogen-bond donors (Lipinski definition) is 0. The summed E-state index contributed by atoms with van der Waals surface area (Å²) >= 11 is 0. The topological polar surface area (TPSA) is 17.3 Å². The quantitative estimate of drug-likeness (QED) is 0.734. The van der Waals surface area contributed by atoms with Crippen LogP contribution in [0.4, 0.5) is 0 Å². The van der Waals surface area contributed by atoms with Gasteiger partial charge in [0.25, 0.3) is 0 Å². The summed E-state index contributed by atoms with van der Waals surface area (Å²) in [6.07, 6.45) is 14.7. The van der Waals surface area contributed by atoms with E-state index in [1.807, 2.05) is 0 Å². The molecular formula is C16H29N2. The summed E-state index contributed by atoms with van der Waals surface area (Å²) in [7, 11) is 0. The van der Waals surface area contributed by atoms with Gasteiger partial charge in [-0.15, -0.1) is 0 Å². The minimum Gasteiger partial charge on any atom is -0.295 e. The van der Waals surface area contributed by atoms with Crippen LogP contribution < -0.4 is 5.32 Å². The molecule has 0 N–H and O–H groups in total. The largest absolute Gasteiger partial charge is 0.295 e. The lowest BCUT2D eigenvalue weighted by atomic mass is 9.81. The van der Waals surface area contributed by atoms with Gasteiger partial charge < -0.3 is 0 Å². The molecule has 1 atom stereocenters. The fourth-order valence-electron chi connectivity index (χ4n) is 4.49. The summed E-state index contributed by atoms with van der Waals surface area (Å²) in [5.41, 5.74) is 0. The minimum absolute atomic E-state index is 0.808. The highest BCUT2D eigenvalue weighted by Gasteiger charge is 2.35. The molecule has 1 aliphatic heterocycles. The number of nitrogens with zero attached hydrogens (tertiary/aromatic N) is 2. The Bertz CT molecular complexity index is 215. The van der Waals surface area contributed by atoms with E-state index in [4.69, 9.17) is 5.32 Å². The summed E-state index contributed by atoms with van der Waals surface area (Å²) in [6, 6.07) is 1.71. The monoisotopic (exact) mass is 249 g/mol. The number of piperazine rings is 1. The zero-order valence-corrected chi connectivity index (χ0v) is 11.8. The molecule has 0 amide bonds. The van der Waals surface area contributed by atoms with Gasteiger partial charge in [-0.3, -0.25) is 4.90 Å². The van der Waals surface area contributed by atoms with Crippen LogP contribution in [0.2, 0.25) is 0 Å². The van der Waals surface area contributed by atoms with Gasteiger partial charge in [0, 0.05) is 31.7 Å². The average Bonchev–Trinajstić information content (AvgIpc) is 2.49. The van der Waals surface area contributed by atoms with E-state index in [1.165, 1.54) is 70.8 Å². The maximum Gasteiger partial charge on any atom is 0.0293 e. The highest BCUT2D eigenvalue weighted by atomic mass is 15.2. The molecule has 2 heteroatoms. The van der Waals surface area contributed by atoms with Crippen LogP contribution in [-0.2, 0) is 0 Å². The molecule has 1 saturated heterocycles. The molecule has 0 aromatic heterocycles. The fourth-order valence-corrected chi connectivity index (χ4v) is 4.49. The van der Waals surface area contributed by atoms with Crippen LogP contribution in [0.3, 0.4) is 0 Å². The Morgan fingerprint density at radius 3 is 2.17 bits per heavy atom. The van der Waals surface area contributed by atoms with E-state index in [-0.39, 0.29) is 0 Å². The second-order valence-corrected chi connectivity index (χ2v) is 6.62. The molecule has 1 heterocycles. The van der Waals surface area contributed by atoms with Crippen molar-refractivity contribution in [3.63, 3.8) is 0 Å². The van der Waals surface area contributed by atoms with Crippen LogP contribution in [0, 0.1) is 5.92 Å². The van der Waals surface area contributed by atoms with Crippen LogP contribution in [-0.4, -0.2) is 36.6 Å². The molecule has 0 aromatic carbocycles. The Labute approximate surface area is 113 Å². The van der Waals surface area contributed by atoms with Gasteiger partial charge in [-0.2, -0.15) is 0 Å². The van der Waals surface area contributed by atoms with E-state index in [1.54, 1.807) is 0 Å². The average molecular weight is 249 g/mol. The molecule has 2 nitrogen and oxygen atoms in total. The Morgan fingerprint density at radius 1 is 0.778 bits per heavy atom. The van der Waals surface area contributed by atoms with Crippen LogP contribution in [0.1, 0.15) is 64.2 Å². The van der Waals surface area contributed by atoms with E-state index >= 15 is 0 Å². The highest BCUT2D eigenvalue weighted by Crippen LogP contribution is 2.33. The Balaban J connectivity index is 1.64. The van der Waals surface area contributed by atoms with Crippen molar-refractivity contribution in [2.75, 3.05) is 19.6 Å². The van der Waals surface area contributed by atoms with Crippen molar-refractivity contribution < 1.29 is 0 Å². The molecule has 3 rings (SSSR count). The standard InChI is InChI=1S/C16H29N2/c1-3-7-14(8-4-1)16-13-17-11-12-18(16)15-9-5-2-6-10-15/h14-16H,1-13H2. The van der Waals surface area contributed by atoms with Crippen LogP contribution >= 0.6 is 0 Å². The molecule has 1 radical (unpaired) electrons. The summed E-state index contributed by atoms with van der Waals surface area (Å²) in [6.45, 7) is 3.49. The van der Waals surface area contributed by atoms with E-state index < -0.39 is 0 Å². The van der Waals surface area contributed by atoms with Crippen molar-refractivity contribution in [2.45, 2.75) is 76.3 Å². The third kappa shape index (κ3) is 2.91. The van der Waals surface area contributed by atoms with E-state index in [9.17, 15) is 0 Å². The lowest BCUT2D eigenvalue weighted by Gasteiger charge is -2.46. The van der Waals surface area contributed by atoms with Crippen LogP contribution in [0.25, 0.3) is 0 Å². The molecule has 103 valence electrons. The van der Waals surface area contributed by atoms with Gasteiger partial charge in [0.1, 0.15) is 0 Å². The summed E-state index contributed by atoms with van der Waals surface area (Å²) < 4.78 is 0. The molecule has 2 saturated carbocycles. The molecular weight excluding hydrogens is 220 g/mol. The first-order chi connectivity index (χ1) is 8.95. The van der Waals surface area contributed by atoms with Crippen LogP contribution in [0.15, 0.2) is 0 Å². The summed E-state index contributed by atoms with van der Waals surface area (Å²) in [5, 5.41) is 4.74. The second kappa shape index (κ2) is 6.38. The third-order valence-corrected chi connectivity index (χ3v) is 5.50. The van der Waals surface area contributed by atoms with Crippen molar-refractivity contribution in [1.82, 2.24) is 10.2 Å². The van der Waals surface area contributed by atoms with Crippen molar-refractivity contribution in [3.05, 3.63) is 0 Å². The first kappa shape index (κ1) is 12.9. The number of hydrogen-bond acceptors (Lipinski definition) is 1. The fraction of sp³-hybridized carbons (Fsp3) is 1.00. The second-order valence-electron chi connectivity index (χ2n) is 6.62. The molecule has 0 aromatic rings. The molecule has 2 aliphatic carbocycles. The van der Waals surface area contributed by atoms with Gasteiger partial charge in [0.15, 0.2) is 0 Å². The van der Waals surface area contributed by atoms with E-state index in [0.29, 0.717) is 0 Å². The zero-order chi connectivity index (χ0) is 12.2. The maximum atomic E-state index is 4.74. The maximum absolute atomic E-state index is 4.74. The van der Waals surface area contributed by atoms with Gasteiger partial charge in [-0.25, -0.2) is 5.32 Å². The summed E-state index contributed by atoms with van der Waals surface area (Å²) in [4.78, 5) is 2.89. The zero-order valence-electron chi connectivity index (χ0n) is 11.8. The van der Waals surface area contributed by atoms with Gasteiger partial charge in [0.2, 0.25) is 0 Å². The minimum atomic E-state index is 0.808. The van der Waals surface area contributed by atoms with Gasteiger partial charge in [-0.05, 0) is 31.6 Å². The highest BCUT2D eigenvalue weighted by molar-refractivity contribution is 4.91. The Morgan fingerprint density at radius 2 is 1.44 bits per heavy atom. The molecule has 3 fully saturated rings. The molecule has 1 unspecified atom stereocenters. The molecule has 18 heavy (non-hydrogen) atoms. The van der Waals surface area contributed by atoms with E-state index in [2.05, 4.69) is 4.90 Å². The lowest BCUT2D eigenvalue weighted by molar-refractivity contribution is 0.0370. The molecule has 0 spiro atoms.